The number of amides is 2. The van der Waals surface area contributed by atoms with Gasteiger partial charge >= 0.3 is 0 Å². The van der Waals surface area contributed by atoms with E-state index >= 15 is 0 Å². The number of hydrogen-bond acceptors (Lipinski definition) is 3. The molecule has 1 unspecified atom stereocenters. The van der Waals surface area contributed by atoms with E-state index in [-0.39, 0.29) is 30.9 Å². The minimum atomic E-state index is -0.133. The molecule has 5 heteroatoms. The molecule has 150 valence electrons. The van der Waals surface area contributed by atoms with Crippen molar-refractivity contribution in [2.75, 3.05) is 25.5 Å². The summed E-state index contributed by atoms with van der Waals surface area (Å²) in [5.41, 5.74) is 6.51. The fourth-order valence-corrected chi connectivity index (χ4v) is 3.03. The lowest BCUT2D eigenvalue weighted by molar-refractivity contribution is -0.123. The van der Waals surface area contributed by atoms with Gasteiger partial charge in [0.1, 0.15) is 0 Å². The highest BCUT2D eigenvalue weighted by Gasteiger charge is 2.15. The zero-order chi connectivity index (χ0) is 20.8. The van der Waals surface area contributed by atoms with E-state index in [1.165, 1.54) is 11.1 Å². The van der Waals surface area contributed by atoms with Crippen LogP contribution in [-0.2, 0) is 9.59 Å². The van der Waals surface area contributed by atoms with Crippen molar-refractivity contribution in [2.45, 2.75) is 40.7 Å². The molecule has 28 heavy (non-hydrogen) atoms. The first-order chi connectivity index (χ1) is 13.2. The minimum Gasteiger partial charge on any atom is -0.348 e. The lowest BCUT2D eigenvalue weighted by Crippen LogP contribution is -2.39. The van der Waals surface area contributed by atoms with Crippen molar-refractivity contribution in [2.24, 2.45) is 0 Å². The predicted octanol–water partition coefficient (Wildman–Crippen LogP) is 3.67. The van der Waals surface area contributed by atoms with Gasteiger partial charge < -0.3 is 10.6 Å². The van der Waals surface area contributed by atoms with Crippen LogP contribution in [-0.4, -0.2) is 36.9 Å². The van der Waals surface area contributed by atoms with Gasteiger partial charge in [-0.3, -0.25) is 14.5 Å². The van der Waals surface area contributed by atoms with E-state index in [0.717, 1.165) is 22.4 Å². The number of nitrogens with one attached hydrogen (secondary N) is 2. The summed E-state index contributed by atoms with van der Waals surface area (Å²) < 4.78 is 0. The summed E-state index contributed by atoms with van der Waals surface area (Å²) in [5, 5.41) is 5.92. The summed E-state index contributed by atoms with van der Waals surface area (Å²) in [5.74, 6) is -0.237. The monoisotopic (exact) mass is 381 g/mol. The largest absolute Gasteiger partial charge is 0.348 e. The lowest BCUT2D eigenvalue weighted by atomic mass is 10.0. The van der Waals surface area contributed by atoms with Gasteiger partial charge in [0.2, 0.25) is 11.8 Å². The van der Waals surface area contributed by atoms with Crippen molar-refractivity contribution < 1.29 is 9.59 Å². The van der Waals surface area contributed by atoms with Crippen molar-refractivity contribution in [3.05, 3.63) is 64.2 Å². The molecule has 0 aliphatic heterocycles. The normalized spacial score (nSPS) is 12.0. The molecule has 0 aliphatic carbocycles. The van der Waals surface area contributed by atoms with E-state index < -0.39 is 0 Å². The van der Waals surface area contributed by atoms with Gasteiger partial charge in [-0.05, 0) is 75.5 Å². The number of likely N-dealkylation sites (N-methyl/N-ethyl adjacent to an activating group) is 1. The fourth-order valence-electron chi connectivity index (χ4n) is 3.03. The Hall–Kier alpha value is -2.66. The van der Waals surface area contributed by atoms with Crippen LogP contribution in [0, 0.1) is 27.7 Å². The van der Waals surface area contributed by atoms with Crippen LogP contribution < -0.4 is 10.6 Å². The third kappa shape index (κ3) is 5.92. The van der Waals surface area contributed by atoms with Crippen LogP contribution in [0.4, 0.5) is 5.69 Å². The third-order valence-electron chi connectivity index (χ3n) is 5.11. The SMILES string of the molecule is Cc1ccc(C(C)NC(=O)CN(C)CC(=O)Nc2cccc(C)c2C)cc1C. The molecule has 0 bridgehead atoms. The van der Waals surface area contributed by atoms with Crippen LogP contribution >= 0.6 is 0 Å². The highest BCUT2D eigenvalue weighted by Crippen LogP contribution is 2.18. The molecule has 0 fully saturated rings. The Labute approximate surface area is 168 Å². The maximum absolute atomic E-state index is 12.3. The maximum atomic E-state index is 12.3. The standard InChI is InChI=1S/C23H31N3O2/c1-15-10-11-20(12-17(15)3)19(5)24-22(27)13-26(6)14-23(28)25-21-9-7-8-16(2)18(21)4/h7-12,19H,13-14H2,1-6H3,(H,24,27)(H,25,28). The summed E-state index contributed by atoms with van der Waals surface area (Å²) in [6.07, 6.45) is 0. The van der Waals surface area contributed by atoms with Crippen LogP contribution in [0.2, 0.25) is 0 Å². The number of hydrogen-bond donors (Lipinski definition) is 2. The van der Waals surface area contributed by atoms with Crippen LogP contribution in [0.1, 0.15) is 40.8 Å². The summed E-state index contributed by atoms with van der Waals surface area (Å²) in [7, 11) is 1.77. The van der Waals surface area contributed by atoms with Gasteiger partial charge in [-0.25, -0.2) is 0 Å². The van der Waals surface area contributed by atoms with Gasteiger partial charge in [0, 0.05) is 5.69 Å². The minimum absolute atomic E-state index is 0.0797. The van der Waals surface area contributed by atoms with Gasteiger partial charge in [-0.1, -0.05) is 30.3 Å². The molecule has 0 saturated carbocycles. The van der Waals surface area contributed by atoms with Gasteiger partial charge in [0.05, 0.1) is 19.1 Å². The van der Waals surface area contributed by atoms with Crippen molar-refractivity contribution in [3.63, 3.8) is 0 Å². The number of carbonyl (C=O) groups is 2. The first-order valence-corrected chi connectivity index (χ1v) is 9.58. The second kappa shape index (κ2) is 9.51. The Morgan fingerprint density at radius 2 is 1.61 bits per heavy atom. The molecule has 2 aromatic carbocycles. The average molecular weight is 382 g/mol. The molecule has 5 nitrogen and oxygen atoms in total. The van der Waals surface area contributed by atoms with E-state index in [1.807, 2.05) is 45.0 Å². The number of nitrogens with zero attached hydrogens (tertiary/aromatic N) is 1. The number of carbonyl (C=O) groups excluding carboxylic acids is 2. The lowest BCUT2D eigenvalue weighted by Gasteiger charge is -2.20. The van der Waals surface area contributed by atoms with Gasteiger partial charge in [0.25, 0.3) is 0 Å². The van der Waals surface area contributed by atoms with Crippen molar-refractivity contribution in [3.8, 4) is 0 Å². The van der Waals surface area contributed by atoms with E-state index in [1.54, 1.807) is 11.9 Å². The highest BCUT2D eigenvalue weighted by molar-refractivity contribution is 5.93. The maximum Gasteiger partial charge on any atom is 0.238 e. The predicted molar refractivity (Wildman–Crippen MR) is 115 cm³/mol. The average Bonchev–Trinajstić information content (AvgIpc) is 2.60. The molecule has 0 aliphatic rings. The third-order valence-corrected chi connectivity index (χ3v) is 5.11. The molecular formula is C23H31N3O2. The summed E-state index contributed by atoms with van der Waals surface area (Å²) in [4.78, 5) is 26.4. The Morgan fingerprint density at radius 1 is 0.929 bits per heavy atom. The number of rotatable bonds is 7. The van der Waals surface area contributed by atoms with Crippen molar-refractivity contribution >= 4 is 17.5 Å². The molecule has 0 aromatic heterocycles. The van der Waals surface area contributed by atoms with Crippen molar-refractivity contribution in [1.82, 2.24) is 10.2 Å². The molecule has 2 aromatic rings. The van der Waals surface area contributed by atoms with Crippen molar-refractivity contribution in [1.29, 1.82) is 0 Å². The van der Waals surface area contributed by atoms with E-state index in [0.29, 0.717) is 0 Å². The second-order valence-electron chi connectivity index (χ2n) is 7.60. The molecule has 0 spiro atoms. The summed E-state index contributed by atoms with van der Waals surface area (Å²) in [6.45, 7) is 10.4. The molecule has 2 amide bonds. The van der Waals surface area contributed by atoms with E-state index in [2.05, 4.69) is 36.6 Å². The van der Waals surface area contributed by atoms with Crippen LogP contribution in [0.25, 0.3) is 0 Å². The van der Waals surface area contributed by atoms with Gasteiger partial charge in [0.15, 0.2) is 0 Å². The smallest absolute Gasteiger partial charge is 0.238 e. The number of anilines is 1. The Bertz CT molecular complexity index is 861. The van der Waals surface area contributed by atoms with Crippen LogP contribution in [0.15, 0.2) is 36.4 Å². The summed E-state index contributed by atoms with van der Waals surface area (Å²) >= 11 is 0. The fraction of sp³-hybridized carbons (Fsp3) is 0.391. The molecular weight excluding hydrogens is 350 g/mol. The van der Waals surface area contributed by atoms with Crippen LogP contribution in [0.5, 0.6) is 0 Å². The Kier molecular flexibility index (Phi) is 7.35. The molecule has 0 saturated heterocycles. The Morgan fingerprint density at radius 3 is 2.29 bits per heavy atom. The Balaban J connectivity index is 1.85. The molecule has 0 radical (unpaired) electrons. The first kappa shape index (κ1) is 21.6. The number of aryl methyl sites for hydroxylation is 3. The summed E-state index contributed by atoms with van der Waals surface area (Å²) in [6, 6.07) is 11.9. The zero-order valence-electron chi connectivity index (χ0n) is 17.7. The quantitative estimate of drug-likeness (QED) is 0.769. The van der Waals surface area contributed by atoms with Crippen LogP contribution in [0.3, 0.4) is 0 Å². The second-order valence-corrected chi connectivity index (χ2v) is 7.60. The van der Waals surface area contributed by atoms with Gasteiger partial charge in [-0.2, -0.15) is 0 Å². The topological polar surface area (TPSA) is 61.4 Å². The molecule has 2 rings (SSSR count). The van der Waals surface area contributed by atoms with E-state index in [9.17, 15) is 9.59 Å². The van der Waals surface area contributed by atoms with Gasteiger partial charge in [-0.15, -0.1) is 0 Å². The highest BCUT2D eigenvalue weighted by atomic mass is 16.2. The zero-order valence-corrected chi connectivity index (χ0v) is 17.7. The van der Waals surface area contributed by atoms with E-state index in [4.69, 9.17) is 0 Å². The number of benzene rings is 2. The molecule has 2 N–H and O–H groups in total. The molecule has 0 heterocycles. The first-order valence-electron chi connectivity index (χ1n) is 9.58. The molecule has 1 atom stereocenters.